The molecule has 0 aliphatic rings. The van der Waals surface area contributed by atoms with E-state index >= 15 is 0 Å². The van der Waals surface area contributed by atoms with Gasteiger partial charge in [-0.2, -0.15) is 0 Å². The summed E-state index contributed by atoms with van der Waals surface area (Å²) < 4.78 is 5.30. The fourth-order valence-electron chi connectivity index (χ4n) is 1.75. The van der Waals surface area contributed by atoms with Crippen LogP contribution in [-0.4, -0.2) is 22.1 Å². The highest BCUT2D eigenvalue weighted by Crippen LogP contribution is 2.22. The second kappa shape index (κ2) is 5.58. The molecule has 2 aromatic rings. The molecule has 2 aromatic heterocycles. The Labute approximate surface area is 107 Å². The minimum Gasteiger partial charge on any atom is -0.493 e. The Hall–Kier alpha value is -1.97. The zero-order chi connectivity index (χ0) is 13.0. The Bertz CT molecular complexity index is 512. The first-order valence-electron chi connectivity index (χ1n) is 6.01. The number of aromatic nitrogens is 3. The second-order valence-corrected chi connectivity index (χ2v) is 4.54. The zero-order valence-electron chi connectivity index (χ0n) is 10.9. The van der Waals surface area contributed by atoms with Crippen LogP contribution in [0.2, 0.25) is 0 Å². The summed E-state index contributed by atoms with van der Waals surface area (Å²) in [6.45, 7) is 4.32. The van der Waals surface area contributed by atoms with Crippen molar-refractivity contribution in [1.29, 1.82) is 0 Å². The van der Waals surface area contributed by atoms with E-state index in [2.05, 4.69) is 28.8 Å². The number of rotatable bonds is 4. The molecule has 2 heterocycles. The summed E-state index contributed by atoms with van der Waals surface area (Å²) in [6.07, 6.45) is 6.10. The summed E-state index contributed by atoms with van der Waals surface area (Å²) in [5, 5.41) is 0. The molecule has 2 rings (SSSR count). The molecule has 0 radical (unpaired) electrons. The van der Waals surface area contributed by atoms with Gasteiger partial charge in [-0.1, -0.05) is 13.8 Å². The maximum Gasteiger partial charge on any atom is 0.159 e. The molecular formula is C14H17N3O. The van der Waals surface area contributed by atoms with Crippen LogP contribution in [0, 0.1) is 5.92 Å². The lowest BCUT2D eigenvalue weighted by molar-refractivity contribution is 0.401. The molecule has 0 fully saturated rings. The fourth-order valence-corrected chi connectivity index (χ4v) is 1.75. The second-order valence-electron chi connectivity index (χ2n) is 4.54. The Kier molecular flexibility index (Phi) is 3.87. The average Bonchev–Trinajstić information content (AvgIpc) is 2.39. The van der Waals surface area contributed by atoms with Gasteiger partial charge in [0.1, 0.15) is 0 Å². The van der Waals surface area contributed by atoms with E-state index in [1.807, 2.05) is 12.1 Å². The molecule has 94 valence electrons. The molecule has 0 aliphatic heterocycles. The van der Waals surface area contributed by atoms with E-state index < -0.39 is 0 Å². The van der Waals surface area contributed by atoms with Crippen LogP contribution >= 0.6 is 0 Å². The highest BCUT2D eigenvalue weighted by Gasteiger charge is 2.10. The summed E-state index contributed by atoms with van der Waals surface area (Å²) >= 11 is 0. The van der Waals surface area contributed by atoms with Crippen LogP contribution in [0.1, 0.15) is 19.5 Å². The third-order valence-corrected chi connectivity index (χ3v) is 2.59. The first-order chi connectivity index (χ1) is 8.70. The summed E-state index contributed by atoms with van der Waals surface area (Å²) in [7, 11) is 1.65. The predicted molar refractivity (Wildman–Crippen MR) is 70.4 cm³/mol. The molecule has 0 unspecified atom stereocenters. The first kappa shape index (κ1) is 12.5. The highest BCUT2D eigenvalue weighted by molar-refractivity contribution is 5.54. The minimum absolute atomic E-state index is 0.527. The van der Waals surface area contributed by atoms with E-state index in [0.717, 1.165) is 23.4 Å². The van der Waals surface area contributed by atoms with Gasteiger partial charge in [0.15, 0.2) is 11.6 Å². The molecule has 0 bridgehead atoms. The van der Waals surface area contributed by atoms with Crippen molar-refractivity contribution in [3.63, 3.8) is 0 Å². The smallest absolute Gasteiger partial charge is 0.159 e. The van der Waals surface area contributed by atoms with Crippen LogP contribution in [-0.2, 0) is 6.42 Å². The third-order valence-electron chi connectivity index (χ3n) is 2.59. The van der Waals surface area contributed by atoms with Crippen molar-refractivity contribution in [2.45, 2.75) is 20.3 Å². The van der Waals surface area contributed by atoms with Crippen LogP contribution in [0.3, 0.4) is 0 Å². The molecule has 4 nitrogen and oxygen atoms in total. The van der Waals surface area contributed by atoms with Crippen molar-refractivity contribution in [3.8, 4) is 17.1 Å². The Morgan fingerprint density at radius 2 is 1.94 bits per heavy atom. The van der Waals surface area contributed by atoms with Gasteiger partial charge in [0.25, 0.3) is 0 Å². The fraction of sp³-hybridized carbons (Fsp3) is 0.357. The summed E-state index contributed by atoms with van der Waals surface area (Å²) in [6, 6.07) is 3.81. The van der Waals surface area contributed by atoms with Gasteiger partial charge < -0.3 is 4.74 Å². The molecule has 18 heavy (non-hydrogen) atoms. The van der Waals surface area contributed by atoms with Crippen LogP contribution < -0.4 is 4.74 Å². The Morgan fingerprint density at radius 1 is 1.22 bits per heavy atom. The molecule has 0 aliphatic carbocycles. The van der Waals surface area contributed by atoms with Crippen LogP contribution in [0.4, 0.5) is 0 Å². The average molecular weight is 243 g/mol. The van der Waals surface area contributed by atoms with Crippen molar-refractivity contribution in [2.75, 3.05) is 7.11 Å². The van der Waals surface area contributed by atoms with Gasteiger partial charge in [-0.15, -0.1) is 0 Å². The number of hydrogen-bond donors (Lipinski definition) is 0. The van der Waals surface area contributed by atoms with Crippen molar-refractivity contribution in [3.05, 3.63) is 36.4 Å². The highest BCUT2D eigenvalue weighted by atomic mass is 16.5. The molecule has 0 atom stereocenters. The summed E-state index contributed by atoms with van der Waals surface area (Å²) in [4.78, 5) is 12.9. The van der Waals surface area contributed by atoms with Crippen LogP contribution in [0.5, 0.6) is 5.75 Å². The van der Waals surface area contributed by atoms with E-state index in [9.17, 15) is 0 Å². The maximum absolute atomic E-state index is 5.30. The first-order valence-corrected chi connectivity index (χ1v) is 6.01. The molecule has 0 aromatic carbocycles. The molecule has 0 amide bonds. The number of hydrogen-bond acceptors (Lipinski definition) is 4. The van der Waals surface area contributed by atoms with Gasteiger partial charge in [-0.05, 0) is 24.5 Å². The molecule has 0 spiro atoms. The number of pyridine rings is 1. The van der Waals surface area contributed by atoms with Crippen molar-refractivity contribution in [1.82, 2.24) is 15.0 Å². The lowest BCUT2D eigenvalue weighted by Crippen LogP contribution is -2.03. The number of ether oxygens (including phenoxy) is 1. The van der Waals surface area contributed by atoms with Gasteiger partial charge in [0.2, 0.25) is 0 Å². The monoisotopic (exact) mass is 243 g/mol. The largest absolute Gasteiger partial charge is 0.493 e. The molecule has 0 N–H and O–H groups in total. The van der Waals surface area contributed by atoms with E-state index in [-0.39, 0.29) is 0 Å². The van der Waals surface area contributed by atoms with E-state index in [1.165, 1.54) is 0 Å². The van der Waals surface area contributed by atoms with Gasteiger partial charge in [0, 0.05) is 18.0 Å². The zero-order valence-corrected chi connectivity index (χ0v) is 10.9. The third kappa shape index (κ3) is 2.83. The SMILES string of the molecule is COc1cnc(-c2ccncc2)nc1CC(C)C. The normalized spacial score (nSPS) is 10.7. The number of nitrogens with zero attached hydrogens (tertiary/aromatic N) is 3. The van der Waals surface area contributed by atoms with E-state index in [0.29, 0.717) is 11.7 Å². The lowest BCUT2D eigenvalue weighted by atomic mass is 10.1. The van der Waals surface area contributed by atoms with Crippen molar-refractivity contribution in [2.24, 2.45) is 5.92 Å². The molecular weight excluding hydrogens is 226 g/mol. The van der Waals surface area contributed by atoms with Gasteiger partial charge in [-0.25, -0.2) is 9.97 Å². The van der Waals surface area contributed by atoms with E-state index in [4.69, 9.17) is 4.74 Å². The summed E-state index contributed by atoms with van der Waals surface area (Å²) in [5.74, 6) is 1.99. The summed E-state index contributed by atoms with van der Waals surface area (Å²) in [5.41, 5.74) is 1.92. The van der Waals surface area contributed by atoms with E-state index in [1.54, 1.807) is 25.7 Å². The van der Waals surface area contributed by atoms with Crippen LogP contribution in [0.15, 0.2) is 30.7 Å². The van der Waals surface area contributed by atoms with Crippen molar-refractivity contribution < 1.29 is 4.74 Å². The predicted octanol–water partition coefficient (Wildman–Crippen LogP) is 2.75. The lowest BCUT2D eigenvalue weighted by Gasteiger charge is -2.10. The number of methoxy groups -OCH3 is 1. The maximum atomic E-state index is 5.30. The quantitative estimate of drug-likeness (QED) is 0.828. The van der Waals surface area contributed by atoms with Gasteiger partial charge >= 0.3 is 0 Å². The van der Waals surface area contributed by atoms with Crippen LogP contribution in [0.25, 0.3) is 11.4 Å². The Balaban J connectivity index is 2.39. The minimum atomic E-state index is 0.527. The molecule has 0 saturated heterocycles. The molecule has 4 heteroatoms. The van der Waals surface area contributed by atoms with Gasteiger partial charge in [-0.3, -0.25) is 4.98 Å². The van der Waals surface area contributed by atoms with Crippen molar-refractivity contribution >= 4 is 0 Å². The standard InChI is InChI=1S/C14H17N3O/c1-10(2)8-12-13(18-3)9-16-14(17-12)11-4-6-15-7-5-11/h4-7,9-10H,8H2,1-3H3. The molecule has 0 saturated carbocycles. The Morgan fingerprint density at radius 3 is 2.56 bits per heavy atom. The van der Waals surface area contributed by atoms with Gasteiger partial charge in [0.05, 0.1) is 19.0 Å². The topological polar surface area (TPSA) is 47.9 Å².